The summed E-state index contributed by atoms with van der Waals surface area (Å²) in [5.41, 5.74) is 5.81. The molecule has 0 aliphatic heterocycles. The summed E-state index contributed by atoms with van der Waals surface area (Å²) < 4.78 is 61.1. The van der Waals surface area contributed by atoms with E-state index < -0.39 is 44.1 Å². The highest BCUT2D eigenvalue weighted by Crippen LogP contribution is 2.70. The van der Waals surface area contributed by atoms with E-state index in [4.69, 9.17) is 0 Å². The maximum Gasteiger partial charge on any atom is 0.169 e. The van der Waals surface area contributed by atoms with Crippen LogP contribution in [0.15, 0.2) is 30.3 Å². The molecule has 0 fully saturated rings. The van der Waals surface area contributed by atoms with E-state index in [9.17, 15) is 8.78 Å². The fraction of sp³-hybridized carbons (Fsp3) is 0.571. The Balaban J connectivity index is 2.64. The van der Waals surface area contributed by atoms with E-state index in [2.05, 4.69) is 149 Å². The Kier molecular flexibility index (Phi) is 11.9. The van der Waals surface area contributed by atoms with Gasteiger partial charge >= 0.3 is 0 Å². The maximum atomic E-state index is 15.7. The average molecular weight is 735 g/mol. The minimum atomic E-state index is -1.41. The molecular weight excluding hydrogens is 673 g/mol. The molecule has 0 saturated carbocycles. The van der Waals surface area contributed by atoms with Crippen LogP contribution in [0.1, 0.15) is 158 Å². The second-order valence-corrected chi connectivity index (χ2v) is 27.7. The molecule has 3 aromatic rings. The lowest BCUT2D eigenvalue weighted by Gasteiger charge is -2.38. The Morgan fingerprint density at radius 3 is 0.959 bits per heavy atom. The van der Waals surface area contributed by atoms with Crippen LogP contribution in [-0.4, -0.2) is 0 Å². The minimum absolute atomic E-state index is 0.0962. The molecule has 0 radical (unpaired) electrons. The van der Waals surface area contributed by atoms with Gasteiger partial charge in [-0.25, -0.2) is 17.6 Å². The highest BCUT2D eigenvalue weighted by molar-refractivity contribution is 8.57. The summed E-state index contributed by atoms with van der Waals surface area (Å²) >= 11 is 0. The van der Waals surface area contributed by atoms with Crippen molar-refractivity contribution in [2.75, 3.05) is 0 Å². The van der Waals surface area contributed by atoms with E-state index in [1.165, 1.54) is 27.6 Å². The number of hydrogen-bond acceptors (Lipinski definition) is 0. The summed E-state index contributed by atoms with van der Waals surface area (Å²) in [6.07, 6.45) is 0. The Morgan fingerprint density at radius 1 is 0.388 bits per heavy atom. The molecule has 0 saturated heterocycles. The Hall–Kier alpha value is -1.33. The molecule has 49 heavy (non-hydrogen) atoms. The predicted octanol–water partition coefficient (Wildman–Crippen LogP) is 13.0. The van der Waals surface area contributed by atoms with Crippen LogP contribution < -0.4 is 15.9 Å². The molecule has 272 valence electrons. The van der Waals surface area contributed by atoms with Gasteiger partial charge in [-0.15, -0.1) is 0 Å². The van der Waals surface area contributed by atoms with Crippen LogP contribution in [0.5, 0.6) is 0 Å². The van der Waals surface area contributed by atoms with Crippen LogP contribution in [0.2, 0.25) is 0 Å². The summed E-state index contributed by atoms with van der Waals surface area (Å²) in [5, 5.41) is 1.82. The van der Waals surface area contributed by atoms with Gasteiger partial charge in [0.2, 0.25) is 0 Å². The first-order chi connectivity index (χ1) is 21.8. The van der Waals surface area contributed by atoms with E-state index in [1.807, 2.05) is 0 Å². The van der Waals surface area contributed by atoms with Crippen LogP contribution in [0.3, 0.4) is 0 Å². The quantitative estimate of drug-likeness (QED) is 0.139. The third-order valence-corrected chi connectivity index (χ3v) is 17.8. The monoisotopic (exact) mass is 734 g/mol. The van der Waals surface area contributed by atoms with Gasteiger partial charge in [0.15, 0.2) is 23.3 Å². The van der Waals surface area contributed by atoms with E-state index in [0.29, 0.717) is 6.07 Å². The summed E-state index contributed by atoms with van der Waals surface area (Å²) in [7, 11) is -1.75. The van der Waals surface area contributed by atoms with Gasteiger partial charge in [-0.3, -0.25) is 0 Å². The number of hydrogen-bond donors (Lipinski definition) is 0. The van der Waals surface area contributed by atoms with Gasteiger partial charge in [-0.05, 0) is 92.0 Å². The van der Waals surface area contributed by atoms with Crippen molar-refractivity contribution in [1.29, 1.82) is 0 Å². The molecule has 7 heteroatoms. The van der Waals surface area contributed by atoms with Crippen molar-refractivity contribution in [1.82, 2.24) is 0 Å². The molecule has 3 aromatic carbocycles. The minimum Gasteiger partial charge on any atom is -0.204 e. The third kappa shape index (κ3) is 9.57. The zero-order valence-electron chi connectivity index (χ0n) is 33.3. The second kappa shape index (κ2) is 13.9. The first-order valence-electron chi connectivity index (χ1n) is 17.3. The van der Waals surface area contributed by atoms with Gasteiger partial charge in [0.05, 0.1) is 5.30 Å². The fourth-order valence-electron chi connectivity index (χ4n) is 5.87. The maximum absolute atomic E-state index is 15.7. The normalized spacial score (nSPS) is 14.9. The van der Waals surface area contributed by atoms with Crippen molar-refractivity contribution in [2.45, 2.75) is 157 Å². The second-order valence-electron chi connectivity index (χ2n) is 19.8. The standard InChI is InChI=1S/C42H61F4P3/c1-37(2,3)24-19-26(39(7,8)9)34(27(20-24)40(10,11)12)47-49(48-35-32(45)30(43)23-31(44)33(35)46)36-28(41(13,14)15)21-25(38(4,5)6)22-29(36)42(16,17)18/h19-23,47-48H,1-18H3. The molecule has 0 aliphatic carbocycles. The van der Waals surface area contributed by atoms with Crippen molar-refractivity contribution in [2.24, 2.45) is 0 Å². The van der Waals surface area contributed by atoms with Crippen LogP contribution >= 0.6 is 23.8 Å². The summed E-state index contributed by atoms with van der Waals surface area (Å²) in [5.74, 6) is -5.28. The number of halogens is 4. The van der Waals surface area contributed by atoms with Gasteiger partial charge in [0, 0.05) is 6.07 Å². The van der Waals surface area contributed by atoms with Crippen molar-refractivity contribution < 1.29 is 17.6 Å². The van der Waals surface area contributed by atoms with Crippen LogP contribution in [0.4, 0.5) is 17.6 Å². The van der Waals surface area contributed by atoms with Crippen LogP contribution in [0.25, 0.3) is 0 Å². The Labute approximate surface area is 300 Å². The topological polar surface area (TPSA) is 0 Å². The molecule has 0 spiro atoms. The zero-order valence-corrected chi connectivity index (χ0v) is 36.2. The molecule has 0 heterocycles. The molecule has 3 unspecified atom stereocenters. The van der Waals surface area contributed by atoms with Crippen molar-refractivity contribution in [3.63, 3.8) is 0 Å². The SMILES string of the molecule is CC(C)(C)c1cc(C(C)(C)C)c(PP(Pc2c(F)c(F)cc(F)c2F)c2c(C(C)(C)C)cc(C(C)(C)C)cc2C(C)(C)C)c(C(C)(C)C)c1. The van der Waals surface area contributed by atoms with E-state index in [-0.39, 0.29) is 40.8 Å². The van der Waals surface area contributed by atoms with E-state index >= 15 is 8.78 Å². The first kappa shape index (κ1) is 42.1. The molecule has 0 nitrogen and oxygen atoms in total. The predicted molar refractivity (Wildman–Crippen MR) is 214 cm³/mol. The van der Waals surface area contributed by atoms with Crippen molar-refractivity contribution in [3.8, 4) is 0 Å². The molecule has 0 amide bonds. The lowest BCUT2D eigenvalue weighted by atomic mass is 9.75. The molecule has 0 aromatic heterocycles. The highest BCUT2D eigenvalue weighted by atomic mass is 32.4. The summed E-state index contributed by atoms with van der Waals surface area (Å²) in [4.78, 5) is 0. The van der Waals surface area contributed by atoms with E-state index in [0.717, 1.165) is 16.4 Å². The van der Waals surface area contributed by atoms with Gasteiger partial charge in [-0.1, -0.05) is 157 Å². The molecule has 0 N–H and O–H groups in total. The molecule has 0 aliphatic rings. The fourth-order valence-corrected chi connectivity index (χ4v) is 16.9. The van der Waals surface area contributed by atoms with Gasteiger partial charge < -0.3 is 0 Å². The number of benzene rings is 3. The molecule has 3 rings (SSSR count). The lowest BCUT2D eigenvalue weighted by molar-refractivity contribution is 0.464. The molecular formula is C42H61F4P3. The highest BCUT2D eigenvalue weighted by Gasteiger charge is 2.37. The van der Waals surface area contributed by atoms with Gasteiger partial charge in [-0.2, -0.15) is 0 Å². The third-order valence-electron chi connectivity index (χ3n) is 8.99. The van der Waals surface area contributed by atoms with Crippen LogP contribution in [-0.2, 0) is 32.5 Å². The molecule has 3 atom stereocenters. The number of rotatable bonds is 5. The summed E-state index contributed by atoms with van der Waals surface area (Å²) in [6.45, 7) is 39.7. The van der Waals surface area contributed by atoms with Gasteiger partial charge in [0.25, 0.3) is 0 Å². The zero-order chi connectivity index (χ0) is 38.0. The van der Waals surface area contributed by atoms with Crippen molar-refractivity contribution in [3.05, 3.63) is 87.0 Å². The van der Waals surface area contributed by atoms with Crippen LogP contribution in [0, 0.1) is 23.3 Å². The largest absolute Gasteiger partial charge is 0.204 e. The lowest BCUT2D eigenvalue weighted by Crippen LogP contribution is -2.33. The Bertz CT molecular complexity index is 1600. The Morgan fingerprint density at radius 2 is 0.673 bits per heavy atom. The van der Waals surface area contributed by atoms with E-state index in [1.54, 1.807) is 0 Å². The average Bonchev–Trinajstić information content (AvgIpc) is 2.89. The first-order valence-corrected chi connectivity index (χ1v) is 22.3. The smallest absolute Gasteiger partial charge is 0.169 e. The summed E-state index contributed by atoms with van der Waals surface area (Å²) in [6, 6.07) is 9.55. The van der Waals surface area contributed by atoms with Crippen molar-refractivity contribution >= 4 is 39.8 Å². The molecule has 0 bridgehead atoms. The van der Waals surface area contributed by atoms with Gasteiger partial charge in [0.1, 0.15) is 0 Å².